The van der Waals surface area contributed by atoms with Gasteiger partial charge in [-0.3, -0.25) is 0 Å². The van der Waals surface area contributed by atoms with Crippen LogP contribution in [0.4, 0.5) is 0 Å². The van der Waals surface area contributed by atoms with E-state index < -0.39 is 0 Å². The van der Waals surface area contributed by atoms with Gasteiger partial charge < -0.3 is 4.42 Å². The third-order valence-corrected chi connectivity index (χ3v) is 2.23. The topological polar surface area (TPSA) is 26.0 Å². The molecular weight excluding hydrogens is 158 g/mol. The molecule has 3 heteroatoms. The number of aromatic nitrogens is 1. The van der Waals surface area contributed by atoms with Crippen LogP contribution in [0.3, 0.4) is 0 Å². The summed E-state index contributed by atoms with van der Waals surface area (Å²) in [5, 5.41) is 0. The number of hydrogen-bond donors (Lipinski definition) is 0. The van der Waals surface area contributed by atoms with Crippen LogP contribution in [-0.2, 0) is 6.42 Å². The maximum Gasteiger partial charge on any atom is 0.195 e. The fourth-order valence-corrected chi connectivity index (χ4v) is 1.43. The van der Waals surface area contributed by atoms with Crippen LogP contribution >= 0.6 is 11.8 Å². The van der Waals surface area contributed by atoms with Gasteiger partial charge in [-0.15, -0.1) is 0 Å². The van der Waals surface area contributed by atoms with Gasteiger partial charge >= 0.3 is 0 Å². The zero-order valence-electron chi connectivity index (χ0n) is 6.96. The molecule has 1 rings (SSSR count). The van der Waals surface area contributed by atoms with Crippen molar-refractivity contribution in [2.24, 2.45) is 0 Å². The van der Waals surface area contributed by atoms with E-state index in [1.165, 1.54) is 5.75 Å². The maximum atomic E-state index is 5.19. The highest BCUT2D eigenvalue weighted by Gasteiger charge is 1.98. The summed E-state index contributed by atoms with van der Waals surface area (Å²) in [6.45, 7) is 4.10. The molecule has 0 spiro atoms. The Hall–Kier alpha value is -0.440. The van der Waals surface area contributed by atoms with Crippen LogP contribution in [0.5, 0.6) is 0 Å². The molecule has 0 aromatic carbocycles. The molecule has 1 heterocycles. The summed E-state index contributed by atoms with van der Waals surface area (Å²) in [7, 11) is 0. The van der Waals surface area contributed by atoms with Crippen LogP contribution in [0, 0.1) is 6.92 Å². The van der Waals surface area contributed by atoms with E-state index in [9.17, 15) is 0 Å². The number of hydrogen-bond acceptors (Lipinski definition) is 3. The molecule has 0 atom stereocenters. The third-order valence-electron chi connectivity index (χ3n) is 1.33. The van der Waals surface area contributed by atoms with Gasteiger partial charge in [0.05, 0.1) is 5.69 Å². The average molecular weight is 171 g/mol. The summed E-state index contributed by atoms with van der Waals surface area (Å²) in [4.78, 5) is 4.20. The average Bonchev–Trinajstić information content (AvgIpc) is 2.37. The van der Waals surface area contributed by atoms with Crippen LogP contribution < -0.4 is 0 Å². The lowest BCUT2D eigenvalue weighted by molar-refractivity contribution is 0.502. The van der Waals surface area contributed by atoms with Gasteiger partial charge in [0.15, 0.2) is 5.89 Å². The van der Waals surface area contributed by atoms with E-state index >= 15 is 0 Å². The van der Waals surface area contributed by atoms with Gasteiger partial charge in [0, 0.05) is 12.2 Å². The number of thioether (sulfide) groups is 1. The maximum absolute atomic E-state index is 5.19. The second-order valence-electron chi connectivity index (χ2n) is 2.33. The van der Waals surface area contributed by atoms with Gasteiger partial charge in [-0.25, -0.2) is 4.98 Å². The zero-order chi connectivity index (χ0) is 8.10. The molecule has 1 aromatic heterocycles. The fourth-order valence-electron chi connectivity index (χ4n) is 0.821. The minimum absolute atomic E-state index is 0.864. The minimum Gasteiger partial charge on any atom is -0.449 e. The highest BCUT2D eigenvalue weighted by molar-refractivity contribution is 7.99. The van der Waals surface area contributed by atoms with E-state index in [0.717, 1.165) is 23.8 Å². The molecule has 0 saturated heterocycles. The molecule has 0 saturated carbocycles. The van der Waals surface area contributed by atoms with Crippen molar-refractivity contribution in [3.05, 3.63) is 17.8 Å². The van der Waals surface area contributed by atoms with Gasteiger partial charge in [-0.05, 0) is 12.7 Å². The monoisotopic (exact) mass is 171 g/mol. The van der Waals surface area contributed by atoms with Crippen molar-refractivity contribution in [1.82, 2.24) is 4.98 Å². The molecule has 0 unspecified atom stereocenters. The largest absolute Gasteiger partial charge is 0.449 e. The highest BCUT2D eigenvalue weighted by atomic mass is 32.2. The Morgan fingerprint density at radius 2 is 2.45 bits per heavy atom. The van der Waals surface area contributed by atoms with Gasteiger partial charge in [-0.1, -0.05) is 6.92 Å². The number of oxazole rings is 1. The van der Waals surface area contributed by atoms with Gasteiger partial charge in [-0.2, -0.15) is 11.8 Å². The second kappa shape index (κ2) is 4.44. The number of aryl methyl sites for hydroxylation is 2. The molecule has 62 valence electrons. The van der Waals surface area contributed by atoms with Crippen molar-refractivity contribution >= 4 is 11.8 Å². The van der Waals surface area contributed by atoms with Crippen LogP contribution in [0.2, 0.25) is 0 Å². The molecule has 1 aromatic rings. The van der Waals surface area contributed by atoms with Gasteiger partial charge in [0.2, 0.25) is 0 Å². The van der Waals surface area contributed by atoms with Crippen LogP contribution in [-0.4, -0.2) is 16.5 Å². The summed E-state index contributed by atoms with van der Waals surface area (Å²) in [5.41, 5.74) is 0.974. The SMILES string of the molecule is CCSCCc1nc(C)co1. The summed E-state index contributed by atoms with van der Waals surface area (Å²) in [5.74, 6) is 3.14. The van der Waals surface area contributed by atoms with Crippen molar-refractivity contribution < 1.29 is 4.42 Å². The fraction of sp³-hybridized carbons (Fsp3) is 0.625. The first kappa shape index (κ1) is 8.65. The number of nitrogens with zero attached hydrogens (tertiary/aromatic N) is 1. The molecular formula is C8H13NOS. The normalized spacial score (nSPS) is 10.4. The predicted octanol–water partition coefficient (Wildman–Crippen LogP) is 2.28. The molecule has 0 aliphatic heterocycles. The first-order valence-corrected chi connectivity index (χ1v) is 4.97. The van der Waals surface area contributed by atoms with Crippen LogP contribution in [0.25, 0.3) is 0 Å². The number of rotatable bonds is 4. The molecule has 0 N–H and O–H groups in total. The van der Waals surface area contributed by atoms with Crippen molar-refractivity contribution in [3.8, 4) is 0 Å². The quantitative estimate of drug-likeness (QED) is 0.650. The van der Waals surface area contributed by atoms with E-state index in [-0.39, 0.29) is 0 Å². The lowest BCUT2D eigenvalue weighted by atomic mass is 10.5. The zero-order valence-corrected chi connectivity index (χ0v) is 7.78. The van der Waals surface area contributed by atoms with E-state index in [4.69, 9.17) is 4.42 Å². The molecule has 2 nitrogen and oxygen atoms in total. The summed E-state index contributed by atoms with van der Waals surface area (Å²) in [6.07, 6.45) is 2.65. The molecule has 0 radical (unpaired) electrons. The van der Waals surface area contributed by atoms with E-state index in [2.05, 4.69) is 11.9 Å². The summed E-state index contributed by atoms with van der Waals surface area (Å²) >= 11 is 1.91. The Balaban J connectivity index is 2.27. The molecule has 0 bridgehead atoms. The molecule has 0 fully saturated rings. The van der Waals surface area contributed by atoms with E-state index in [0.29, 0.717) is 0 Å². The van der Waals surface area contributed by atoms with Crippen molar-refractivity contribution in [2.75, 3.05) is 11.5 Å². The van der Waals surface area contributed by atoms with Crippen LogP contribution in [0.1, 0.15) is 18.5 Å². The first-order valence-electron chi connectivity index (χ1n) is 3.81. The van der Waals surface area contributed by atoms with Crippen molar-refractivity contribution in [2.45, 2.75) is 20.3 Å². The summed E-state index contributed by atoms with van der Waals surface area (Å²) < 4.78 is 5.19. The lowest BCUT2D eigenvalue weighted by Gasteiger charge is -1.92. The Bertz CT molecular complexity index is 210. The highest BCUT2D eigenvalue weighted by Crippen LogP contribution is 2.06. The van der Waals surface area contributed by atoms with Gasteiger partial charge in [0.1, 0.15) is 6.26 Å². The Morgan fingerprint density at radius 1 is 1.64 bits per heavy atom. The Kier molecular flexibility index (Phi) is 3.49. The first-order chi connectivity index (χ1) is 5.33. The predicted molar refractivity (Wildman–Crippen MR) is 47.9 cm³/mol. The Morgan fingerprint density at radius 3 is 3.00 bits per heavy atom. The standard InChI is InChI=1S/C8H13NOS/c1-3-11-5-4-8-9-7(2)6-10-8/h6H,3-5H2,1-2H3. The molecule has 11 heavy (non-hydrogen) atoms. The minimum atomic E-state index is 0.864. The lowest BCUT2D eigenvalue weighted by Crippen LogP contribution is -1.88. The van der Waals surface area contributed by atoms with Gasteiger partial charge in [0.25, 0.3) is 0 Å². The van der Waals surface area contributed by atoms with E-state index in [1.54, 1.807) is 6.26 Å². The van der Waals surface area contributed by atoms with Crippen molar-refractivity contribution in [3.63, 3.8) is 0 Å². The second-order valence-corrected chi connectivity index (χ2v) is 3.72. The third kappa shape index (κ3) is 2.97. The van der Waals surface area contributed by atoms with Crippen LogP contribution in [0.15, 0.2) is 10.7 Å². The molecule has 0 amide bonds. The molecule has 0 aliphatic carbocycles. The summed E-state index contributed by atoms with van der Waals surface area (Å²) in [6, 6.07) is 0. The van der Waals surface area contributed by atoms with E-state index in [1.807, 2.05) is 18.7 Å². The van der Waals surface area contributed by atoms with Crippen molar-refractivity contribution in [1.29, 1.82) is 0 Å². The smallest absolute Gasteiger partial charge is 0.195 e. The Labute approximate surface area is 71.4 Å². The molecule has 0 aliphatic rings.